The van der Waals surface area contributed by atoms with Crippen LogP contribution in [0.15, 0.2) is 0 Å². The van der Waals surface area contributed by atoms with Crippen LogP contribution >= 0.6 is 0 Å². The number of unbranched alkanes of at least 4 members (excludes halogenated alkanes) is 7. The van der Waals surface area contributed by atoms with Gasteiger partial charge in [-0.1, -0.05) is 51.9 Å². The minimum atomic E-state index is -1.49. The monoisotopic (exact) mass is 320 g/mol. The van der Waals surface area contributed by atoms with Crippen molar-refractivity contribution in [3.8, 4) is 0 Å². The maximum atomic E-state index is 9.74. The van der Waals surface area contributed by atoms with E-state index < -0.39 is 30.7 Å². The van der Waals surface area contributed by atoms with Crippen LogP contribution < -0.4 is 0 Å². The van der Waals surface area contributed by atoms with Crippen molar-refractivity contribution < 1.29 is 29.9 Å². The number of hydrogen-bond acceptors (Lipinski definition) is 6. The van der Waals surface area contributed by atoms with Crippen LogP contribution in [-0.4, -0.2) is 64.3 Å². The molecule has 0 saturated carbocycles. The van der Waals surface area contributed by atoms with Crippen LogP contribution in [0.3, 0.4) is 0 Å². The average molecular weight is 320 g/mol. The fourth-order valence-corrected chi connectivity index (χ4v) is 2.61. The van der Waals surface area contributed by atoms with Gasteiger partial charge in [0, 0.05) is 6.61 Å². The Morgan fingerprint density at radius 1 is 0.773 bits per heavy atom. The first-order valence-corrected chi connectivity index (χ1v) is 8.53. The van der Waals surface area contributed by atoms with Gasteiger partial charge in [-0.2, -0.15) is 0 Å². The fourth-order valence-electron chi connectivity index (χ4n) is 2.61. The van der Waals surface area contributed by atoms with Crippen molar-refractivity contribution in [3.05, 3.63) is 0 Å². The highest BCUT2D eigenvalue weighted by Gasteiger charge is 2.42. The molecule has 0 bridgehead atoms. The Morgan fingerprint density at radius 3 is 2.00 bits per heavy atom. The van der Waals surface area contributed by atoms with Crippen molar-refractivity contribution in [2.24, 2.45) is 0 Å². The van der Waals surface area contributed by atoms with Gasteiger partial charge in [0.15, 0.2) is 6.29 Å². The molecule has 1 aliphatic rings. The zero-order valence-corrected chi connectivity index (χ0v) is 13.6. The first kappa shape index (κ1) is 19.8. The van der Waals surface area contributed by atoms with Gasteiger partial charge in [0.25, 0.3) is 0 Å². The maximum Gasteiger partial charge on any atom is 0.184 e. The zero-order valence-electron chi connectivity index (χ0n) is 13.6. The molecule has 0 amide bonds. The van der Waals surface area contributed by atoms with E-state index in [0.717, 1.165) is 12.8 Å². The van der Waals surface area contributed by atoms with Crippen LogP contribution in [0.1, 0.15) is 58.3 Å². The van der Waals surface area contributed by atoms with E-state index in [0.29, 0.717) is 6.61 Å². The molecule has 1 aliphatic heterocycles. The van der Waals surface area contributed by atoms with Gasteiger partial charge in [0.05, 0.1) is 6.61 Å². The summed E-state index contributed by atoms with van der Waals surface area (Å²) in [5.74, 6) is 0. The number of aliphatic hydroxyl groups excluding tert-OH is 4. The molecule has 1 saturated heterocycles. The normalized spacial score (nSPS) is 32.3. The first-order chi connectivity index (χ1) is 10.6. The lowest BCUT2D eigenvalue weighted by molar-refractivity contribution is -0.288. The van der Waals surface area contributed by atoms with E-state index in [4.69, 9.17) is 9.47 Å². The van der Waals surface area contributed by atoms with Crippen molar-refractivity contribution >= 4 is 0 Å². The van der Waals surface area contributed by atoms with Crippen LogP contribution in [0.5, 0.6) is 0 Å². The Kier molecular flexibility index (Phi) is 10.2. The second-order valence-corrected chi connectivity index (χ2v) is 6.09. The number of hydrogen-bond donors (Lipinski definition) is 4. The second-order valence-electron chi connectivity index (χ2n) is 6.09. The van der Waals surface area contributed by atoms with Crippen molar-refractivity contribution in [3.63, 3.8) is 0 Å². The lowest BCUT2D eigenvalue weighted by Gasteiger charge is -2.38. The van der Waals surface area contributed by atoms with Gasteiger partial charge in [-0.15, -0.1) is 0 Å². The van der Waals surface area contributed by atoms with E-state index in [1.165, 1.54) is 38.5 Å². The van der Waals surface area contributed by atoms with Crippen LogP contribution in [0.2, 0.25) is 0 Å². The highest BCUT2D eigenvalue weighted by Crippen LogP contribution is 2.20. The maximum absolute atomic E-state index is 9.74. The third-order valence-electron chi connectivity index (χ3n) is 4.11. The van der Waals surface area contributed by atoms with Crippen LogP contribution in [0, 0.1) is 0 Å². The zero-order chi connectivity index (χ0) is 16.4. The Labute approximate surface area is 133 Å². The fraction of sp³-hybridized carbons (Fsp3) is 1.00. The lowest BCUT2D eigenvalue weighted by Crippen LogP contribution is -2.58. The molecule has 0 unspecified atom stereocenters. The predicted molar refractivity (Wildman–Crippen MR) is 82.3 cm³/mol. The molecule has 6 nitrogen and oxygen atoms in total. The first-order valence-electron chi connectivity index (χ1n) is 8.53. The summed E-state index contributed by atoms with van der Waals surface area (Å²) in [7, 11) is 0. The van der Waals surface area contributed by atoms with E-state index >= 15 is 0 Å². The quantitative estimate of drug-likeness (QED) is 0.423. The topological polar surface area (TPSA) is 99.4 Å². The molecule has 1 rings (SSSR count). The molecule has 1 heterocycles. The van der Waals surface area contributed by atoms with Gasteiger partial charge in [-0.05, 0) is 6.42 Å². The summed E-state index contributed by atoms with van der Waals surface area (Å²) >= 11 is 0. The van der Waals surface area contributed by atoms with Crippen LogP contribution in [0.4, 0.5) is 0 Å². The summed E-state index contributed by atoms with van der Waals surface area (Å²) in [6.45, 7) is 2.87. The third-order valence-corrected chi connectivity index (χ3v) is 4.11. The third kappa shape index (κ3) is 6.89. The number of ether oxygens (including phenoxy) is 2. The summed E-state index contributed by atoms with van der Waals surface area (Å²) in [6, 6.07) is 0. The Balaban J connectivity index is 2.00. The molecule has 0 radical (unpaired) electrons. The van der Waals surface area contributed by atoms with E-state index in [9.17, 15) is 20.4 Å². The van der Waals surface area contributed by atoms with Gasteiger partial charge in [0.2, 0.25) is 0 Å². The Hall–Kier alpha value is -0.240. The Morgan fingerprint density at radius 2 is 1.36 bits per heavy atom. The van der Waals surface area contributed by atoms with Crippen molar-refractivity contribution in [1.82, 2.24) is 0 Å². The molecule has 0 aliphatic carbocycles. The molecule has 0 aromatic heterocycles. The molecule has 5 atom stereocenters. The summed E-state index contributed by atoms with van der Waals surface area (Å²) in [6.07, 6.45) is 3.28. The molecular formula is C16H32O6. The minimum absolute atomic E-state index is 0.0957. The Bertz CT molecular complexity index is 275. The van der Waals surface area contributed by atoms with Gasteiger partial charge in [-0.25, -0.2) is 0 Å². The smallest absolute Gasteiger partial charge is 0.184 e. The lowest BCUT2D eigenvalue weighted by atomic mass is 9.99. The summed E-state index contributed by atoms with van der Waals surface area (Å²) in [5.41, 5.74) is 0. The molecular weight excluding hydrogens is 288 g/mol. The molecule has 1 fully saturated rings. The summed E-state index contributed by atoms with van der Waals surface area (Å²) < 4.78 is 10.5. The summed E-state index contributed by atoms with van der Waals surface area (Å²) in [5, 5.41) is 38.0. The second kappa shape index (κ2) is 11.3. The largest absolute Gasteiger partial charge is 0.387 e. The van der Waals surface area contributed by atoms with Crippen molar-refractivity contribution in [1.29, 1.82) is 0 Å². The number of aliphatic hydroxyl groups is 4. The van der Waals surface area contributed by atoms with E-state index in [1.807, 2.05) is 0 Å². The minimum Gasteiger partial charge on any atom is -0.387 e. The number of rotatable bonds is 11. The van der Waals surface area contributed by atoms with Crippen molar-refractivity contribution in [2.75, 3.05) is 13.2 Å². The molecule has 0 spiro atoms. The van der Waals surface area contributed by atoms with Gasteiger partial charge >= 0.3 is 0 Å². The standard InChI is InChI=1S/C16H32O6/c1-2-3-4-5-6-7-8-9-10-21-11-12-13(17)14(18)15(19)16(20)22-12/h12-20H,2-11H2,1H3/t12-,13-,14+,15-,16+/m1/s1. The van der Waals surface area contributed by atoms with Gasteiger partial charge < -0.3 is 29.9 Å². The van der Waals surface area contributed by atoms with Gasteiger partial charge in [0.1, 0.15) is 24.4 Å². The molecule has 22 heavy (non-hydrogen) atoms. The predicted octanol–water partition coefficient (Wildman–Crippen LogP) is 0.944. The van der Waals surface area contributed by atoms with Crippen LogP contribution in [-0.2, 0) is 9.47 Å². The highest BCUT2D eigenvalue weighted by atomic mass is 16.6. The van der Waals surface area contributed by atoms with Crippen LogP contribution in [0.25, 0.3) is 0 Å². The van der Waals surface area contributed by atoms with E-state index in [1.54, 1.807) is 0 Å². The molecule has 0 aromatic rings. The molecule has 4 N–H and O–H groups in total. The molecule has 6 heteroatoms. The van der Waals surface area contributed by atoms with Gasteiger partial charge in [-0.3, -0.25) is 0 Å². The van der Waals surface area contributed by atoms with Crippen molar-refractivity contribution in [2.45, 2.75) is 89.0 Å². The summed E-state index contributed by atoms with van der Waals surface area (Å²) in [4.78, 5) is 0. The molecule has 0 aromatic carbocycles. The SMILES string of the molecule is CCCCCCCCCCOC[C@H]1O[C@H](O)[C@H](O)[C@@H](O)[C@@H]1O. The highest BCUT2D eigenvalue weighted by molar-refractivity contribution is 4.88. The molecule has 132 valence electrons. The average Bonchev–Trinajstić information content (AvgIpc) is 2.51. The van der Waals surface area contributed by atoms with E-state index in [-0.39, 0.29) is 6.61 Å². The van der Waals surface area contributed by atoms with E-state index in [2.05, 4.69) is 6.92 Å².